The van der Waals surface area contributed by atoms with E-state index in [1.165, 1.54) is 0 Å². The second-order valence-electron chi connectivity index (χ2n) is 1.99. The molecule has 0 aliphatic rings. The van der Waals surface area contributed by atoms with E-state index in [9.17, 15) is 13.2 Å². The van der Waals surface area contributed by atoms with E-state index in [1.54, 1.807) is 6.07 Å². The summed E-state index contributed by atoms with van der Waals surface area (Å²) < 4.78 is 33.3. The molecule has 6 heteroatoms. The van der Waals surface area contributed by atoms with E-state index in [2.05, 4.69) is 0 Å². The standard InChI is InChI=1S/C7H4FNO2S.Na/c8-6-1-2-7(12(10)11)5(3-6)4-9;/h1-3H,(H,10,11);/q;+1/p-1. The minimum atomic E-state index is -2.49. The molecular weight excluding hydrogens is 204 g/mol. The van der Waals surface area contributed by atoms with Gasteiger partial charge < -0.3 is 4.55 Å². The Bertz CT molecular complexity index is 377. The predicted octanol–water partition coefficient (Wildman–Crippen LogP) is -2.06. The van der Waals surface area contributed by atoms with Crippen molar-refractivity contribution in [3.05, 3.63) is 29.6 Å². The van der Waals surface area contributed by atoms with Crippen LogP contribution in [0.1, 0.15) is 5.56 Å². The zero-order valence-electron chi connectivity index (χ0n) is 6.78. The Morgan fingerprint density at radius 3 is 2.62 bits per heavy atom. The molecule has 0 N–H and O–H groups in total. The fourth-order valence-corrected chi connectivity index (χ4v) is 1.20. The Morgan fingerprint density at radius 2 is 2.15 bits per heavy atom. The van der Waals surface area contributed by atoms with Gasteiger partial charge in [-0.1, -0.05) is 0 Å². The average Bonchev–Trinajstić information content (AvgIpc) is 2.03. The molecule has 13 heavy (non-hydrogen) atoms. The third kappa shape index (κ3) is 3.18. The quantitative estimate of drug-likeness (QED) is 0.393. The molecule has 0 heterocycles. The fraction of sp³-hybridized carbons (Fsp3) is 0. The van der Waals surface area contributed by atoms with Crippen LogP contribution in [0.2, 0.25) is 0 Å². The summed E-state index contributed by atoms with van der Waals surface area (Å²) in [6, 6.07) is 4.51. The molecule has 3 nitrogen and oxygen atoms in total. The SMILES string of the molecule is N#Cc1cc(F)ccc1S(=O)[O-].[Na+]. The van der Waals surface area contributed by atoms with Gasteiger partial charge >= 0.3 is 29.6 Å². The Kier molecular flexibility index (Phi) is 5.37. The van der Waals surface area contributed by atoms with Crippen molar-refractivity contribution in [1.29, 1.82) is 5.26 Å². The van der Waals surface area contributed by atoms with Crippen LogP contribution < -0.4 is 29.6 Å². The van der Waals surface area contributed by atoms with Crippen LogP contribution in [0.5, 0.6) is 0 Å². The van der Waals surface area contributed by atoms with Crippen LogP contribution in [0.15, 0.2) is 23.1 Å². The zero-order chi connectivity index (χ0) is 9.14. The molecular formula is C7H3FNNaO2S. The molecule has 0 saturated heterocycles. The maximum atomic E-state index is 12.4. The van der Waals surface area contributed by atoms with E-state index in [0.29, 0.717) is 0 Å². The first-order valence-electron chi connectivity index (χ1n) is 2.94. The maximum absolute atomic E-state index is 12.4. The van der Waals surface area contributed by atoms with Crippen LogP contribution in [0.25, 0.3) is 0 Å². The summed E-state index contributed by atoms with van der Waals surface area (Å²) in [6.07, 6.45) is 0. The molecule has 0 bridgehead atoms. The average molecular weight is 207 g/mol. The molecule has 0 aliphatic heterocycles. The van der Waals surface area contributed by atoms with Gasteiger partial charge in [0.15, 0.2) is 0 Å². The molecule has 62 valence electrons. The summed E-state index contributed by atoms with van der Waals surface area (Å²) in [7, 11) is 0. The molecule has 0 aliphatic carbocycles. The smallest absolute Gasteiger partial charge is 0.768 e. The minimum Gasteiger partial charge on any atom is -0.768 e. The van der Waals surface area contributed by atoms with Crippen LogP contribution in [0, 0.1) is 17.1 Å². The first-order chi connectivity index (χ1) is 5.65. The van der Waals surface area contributed by atoms with Gasteiger partial charge in [0, 0.05) is 4.90 Å². The maximum Gasteiger partial charge on any atom is 1.00 e. The van der Waals surface area contributed by atoms with Crippen molar-refractivity contribution in [2.45, 2.75) is 4.90 Å². The van der Waals surface area contributed by atoms with Crippen molar-refractivity contribution >= 4 is 11.1 Å². The number of nitriles is 1. The van der Waals surface area contributed by atoms with Crippen molar-refractivity contribution in [2.75, 3.05) is 0 Å². The third-order valence-electron chi connectivity index (χ3n) is 1.24. The number of nitrogens with zero attached hydrogens (tertiary/aromatic N) is 1. The van der Waals surface area contributed by atoms with Crippen molar-refractivity contribution in [2.24, 2.45) is 0 Å². The summed E-state index contributed by atoms with van der Waals surface area (Å²) in [6.45, 7) is 0. The van der Waals surface area contributed by atoms with Gasteiger partial charge in [0.05, 0.1) is 5.56 Å². The first-order valence-corrected chi connectivity index (χ1v) is 4.01. The molecule has 1 rings (SSSR count). The number of rotatable bonds is 1. The van der Waals surface area contributed by atoms with Crippen molar-refractivity contribution < 1.29 is 42.7 Å². The van der Waals surface area contributed by atoms with Gasteiger partial charge in [-0.2, -0.15) is 5.26 Å². The summed E-state index contributed by atoms with van der Waals surface area (Å²) in [5.41, 5.74) is -0.177. The fourth-order valence-electron chi connectivity index (χ4n) is 0.735. The van der Waals surface area contributed by atoms with Crippen LogP contribution in [0.3, 0.4) is 0 Å². The minimum absolute atomic E-state index is 0. The van der Waals surface area contributed by atoms with Gasteiger partial charge in [0.2, 0.25) is 0 Å². The van der Waals surface area contributed by atoms with E-state index in [0.717, 1.165) is 18.2 Å². The number of halogens is 1. The summed E-state index contributed by atoms with van der Waals surface area (Å²) in [5.74, 6) is -0.624. The Balaban J connectivity index is 0.00000144. The van der Waals surface area contributed by atoms with Gasteiger partial charge in [0.25, 0.3) is 0 Å². The van der Waals surface area contributed by atoms with Crippen molar-refractivity contribution in [1.82, 2.24) is 0 Å². The topological polar surface area (TPSA) is 63.9 Å². The van der Waals surface area contributed by atoms with Gasteiger partial charge in [-0.05, 0) is 29.3 Å². The molecule has 1 unspecified atom stereocenters. The third-order valence-corrected chi connectivity index (χ3v) is 1.96. The molecule has 1 atom stereocenters. The first kappa shape index (κ1) is 12.8. The van der Waals surface area contributed by atoms with Crippen LogP contribution in [-0.2, 0) is 11.1 Å². The molecule has 0 radical (unpaired) electrons. The molecule has 0 spiro atoms. The number of benzene rings is 1. The van der Waals surface area contributed by atoms with E-state index in [-0.39, 0.29) is 40.0 Å². The molecule has 0 aromatic heterocycles. The second-order valence-corrected chi connectivity index (χ2v) is 2.90. The van der Waals surface area contributed by atoms with E-state index >= 15 is 0 Å². The molecule has 0 saturated carbocycles. The molecule has 0 fully saturated rings. The van der Waals surface area contributed by atoms with E-state index in [4.69, 9.17) is 5.26 Å². The van der Waals surface area contributed by atoms with Gasteiger partial charge in [-0.15, -0.1) is 0 Å². The van der Waals surface area contributed by atoms with Crippen molar-refractivity contribution in [3.8, 4) is 6.07 Å². The zero-order valence-corrected chi connectivity index (χ0v) is 9.60. The second kappa shape index (κ2) is 5.47. The monoisotopic (exact) mass is 207 g/mol. The van der Waals surface area contributed by atoms with Crippen LogP contribution in [-0.4, -0.2) is 8.76 Å². The molecule has 1 aromatic carbocycles. The predicted molar refractivity (Wildman–Crippen MR) is 38.3 cm³/mol. The summed E-state index contributed by atoms with van der Waals surface area (Å²) in [5, 5.41) is 8.40. The molecule has 1 aromatic rings. The van der Waals surface area contributed by atoms with E-state index in [1.807, 2.05) is 0 Å². The number of hydrogen-bond donors (Lipinski definition) is 0. The summed E-state index contributed by atoms with van der Waals surface area (Å²) in [4.78, 5) is -0.182. The van der Waals surface area contributed by atoms with Crippen LogP contribution >= 0.6 is 0 Å². The van der Waals surface area contributed by atoms with Crippen molar-refractivity contribution in [3.63, 3.8) is 0 Å². The van der Waals surface area contributed by atoms with Crippen LogP contribution in [0.4, 0.5) is 4.39 Å². The Labute approximate surface area is 99.1 Å². The number of hydrogen-bond acceptors (Lipinski definition) is 3. The largest absolute Gasteiger partial charge is 1.00 e. The Morgan fingerprint density at radius 1 is 1.54 bits per heavy atom. The summed E-state index contributed by atoms with van der Waals surface area (Å²) >= 11 is -2.49. The van der Waals surface area contributed by atoms with Gasteiger partial charge in [-0.3, -0.25) is 4.21 Å². The molecule has 0 amide bonds. The van der Waals surface area contributed by atoms with Gasteiger partial charge in [-0.25, -0.2) is 4.39 Å². The Hall–Kier alpha value is -0.250. The van der Waals surface area contributed by atoms with E-state index < -0.39 is 16.9 Å². The van der Waals surface area contributed by atoms with Gasteiger partial charge in [0.1, 0.15) is 11.9 Å². The normalized spacial score (nSPS) is 11.2.